The van der Waals surface area contributed by atoms with Crippen molar-refractivity contribution in [2.45, 2.75) is 104 Å². The molecule has 6 atom stereocenters. The summed E-state index contributed by atoms with van der Waals surface area (Å²) in [5, 5.41) is 15.9. The van der Waals surface area contributed by atoms with Gasteiger partial charge in [-0.3, -0.25) is 38.9 Å². The summed E-state index contributed by atoms with van der Waals surface area (Å²) in [6.07, 6.45) is 2.65. The van der Waals surface area contributed by atoms with Gasteiger partial charge in [0.1, 0.15) is 36.8 Å². The smallest absolute Gasteiger partial charge is 0.408 e. The molecule has 0 spiro atoms. The zero-order valence-electron chi connectivity index (χ0n) is 38.1. The van der Waals surface area contributed by atoms with Crippen LogP contribution >= 0.6 is 0 Å². The average Bonchev–Trinajstić information content (AvgIpc) is 3.81. The van der Waals surface area contributed by atoms with Gasteiger partial charge in [0.2, 0.25) is 35.4 Å². The Kier molecular flexibility index (Phi) is 19.6. The third-order valence-corrected chi connectivity index (χ3v) is 10.7. The summed E-state index contributed by atoms with van der Waals surface area (Å²) >= 11 is 0. The number of alkyl carbamates (subject to hydrolysis) is 1. The van der Waals surface area contributed by atoms with Crippen molar-refractivity contribution in [1.29, 1.82) is 0 Å². The van der Waals surface area contributed by atoms with Gasteiger partial charge in [-0.1, -0.05) is 115 Å². The van der Waals surface area contributed by atoms with Crippen LogP contribution in [0.25, 0.3) is 0 Å². The zero-order valence-corrected chi connectivity index (χ0v) is 38.1. The maximum absolute atomic E-state index is 14.3. The summed E-state index contributed by atoms with van der Waals surface area (Å²) in [6.45, 7) is 10.6. The first-order valence-electron chi connectivity index (χ1n) is 21.9. The lowest BCUT2D eigenvalue weighted by Gasteiger charge is -2.30. The summed E-state index contributed by atoms with van der Waals surface area (Å²) < 4.78 is 5.41. The number of hydrogen-bond acceptors (Lipinski definition) is 10. The highest BCUT2D eigenvalue weighted by Gasteiger charge is 2.35. The van der Waals surface area contributed by atoms with Crippen molar-refractivity contribution in [3.63, 3.8) is 0 Å². The van der Waals surface area contributed by atoms with E-state index in [9.17, 15) is 38.4 Å². The van der Waals surface area contributed by atoms with E-state index in [1.807, 2.05) is 26.0 Å². The van der Waals surface area contributed by atoms with Gasteiger partial charge < -0.3 is 42.0 Å². The van der Waals surface area contributed by atoms with Gasteiger partial charge in [-0.15, -0.1) is 0 Å². The van der Waals surface area contributed by atoms with Gasteiger partial charge in [0, 0.05) is 30.2 Å². The molecule has 9 N–H and O–H groups in total. The molecule has 8 amide bonds. The number of ether oxygens (including phenoxy) is 1. The fourth-order valence-corrected chi connectivity index (χ4v) is 6.84. The first-order chi connectivity index (χ1) is 31.4. The van der Waals surface area contributed by atoms with Crippen molar-refractivity contribution in [2.75, 3.05) is 0 Å². The van der Waals surface area contributed by atoms with E-state index in [0.717, 1.165) is 11.1 Å². The quantitative estimate of drug-likeness (QED) is 0.0538. The molecule has 0 fully saturated rings. The molecule has 0 saturated carbocycles. The number of carbonyl (C=O) groups excluding carboxylic acids is 8. The first kappa shape index (κ1) is 51.3. The number of H-pyrrole nitrogens is 1. The first-order valence-corrected chi connectivity index (χ1v) is 21.9. The second kappa shape index (κ2) is 25.2. The second-order valence-corrected chi connectivity index (χ2v) is 16.8. The molecule has 0 aliphatic heterocycles. The van der Waals surface area contributed by atoms with Crippen molar-refractivity contribution < 1.29 is 43.1 Å². The molecule has 1 heterocycles. The van der Waals surface area contributed by atoms with Crippen LogP contribution in [0.4, 0.5) is 4.79 Å². The fraction of sp³-hybridized carbons (Fsp3) is 0.396. The normalized spacial score (nSPS) is 13.8. The van der Waals surface area contributed by atoms with Crippen LogP contribution < -0.4 is 37.6 Å². The molecular formula is C48H61N9O9. The number of benzene rings is 3. The van der Waals surface area contributed by atoms with E-state index in [4.69, 9.17) is 10.5 Å². The van der Waals surface area contributed by atoms with E-state index >= 15 is 0 Å². The van der Waals surface area contributed by atoms with Crippen molar-refractivity contribution >= 4 is 47.4 Å². The van der Waals surface area contributed by atoms with Gasteiger partial charge in [-0.25, -0.2) is 9.78 Å². The van der Waals surface area contributed by atoms with Crippen LogP contribution in [0.2, 0.25) is 0 Å². The number of primary amides is 1. The summed E-state index contributed by atoms with van der Waals surface area (Å²) in [4.78, 5) is 115. The van der Waals surface area contributed by atoms with Crippen molar-refractivity contribution in [1.82, 2.24) is 41.9 Å². The second-order valence-electron chi connectivity index (χ2n) is 16.8. The Hall–Kier alpha value is -7.37. The van der Waals surface area contributed by atoms with Gasteiger partial charge in [-0.2, -0.15) is 0 Å². The lowest BCUT2D eigenvalue weighted by Crippen LogP contribution is -2.61. The molecule has 0 aliphatic carbocycles. The van der Waals surface area contributed by atoms with Crippen LogP contribution in [-0.2, 0) is 48.2 Å². The summed E-state index contributed by atoms with van der Waals surface area (Å²) in [6, 6.07) is 17.5. The van der Waals surface area contributed by atoms with Crippen molar-refractivity contribution in [2.24, 2.45) is 23.5 Å². The largest absolute Gasteiger partial charge is 0.445 e. The molecule has 0 radical (unpaired) electrons. The van der Waals surface area contributed by atoms with Crippen LogP contribution in [0.3, 0.4) is 0 Å². The van der Waals surface area contributed by atoms with Gasteiger partial charge in [-0.05, 0) is 53.5 Å². The number of aromatic amines is 1. The van der Waals surface area contributed by atoms with Crippen LogP contribution in [-0.4, -0.2) is 87.6 Å². The number of rotatable bonds is 23. The van der Waals surface area contributed by atoms with E-state index < -0.39 is 89.5 Å². The molecule has 3 aromatic carbocycles. The van der Waals surface area contributed by atoms with Gasteiger partial charge in [0.05, 0.1) is 12.0 Å². The number of nitrogens with zero attached hydrogens (tertiary/aromatic N) is 1. The average molecular weight is 908 g/mol. The standard InChI is InChI=1S/C48H61N9O9/c1-7-30(6)40(47(64)57-42(59)34-20-14-19-33(23-34)41(49)58)56-46(63)39(29(4)5)55-45(62)36(21-28(2)3)52-44(61)38(24-35-25-50-27-51-35)53-43(60)37(22-31-15-10-8-11-16-31)54-48(65)66-26-32-17-12-9-13-18-32/h8-20,23,25,27-30,36-40H,7,21-22,24,26H2,1-6H3,(H2,49,58)(H,50,51)(H,52,61)(H,53,60)(H,54,65)(H,55,62)(H,56,63)(H,57,59,64)/t30-,36-,37-,38-,39-,40-/m0/s1. The monoisotopic (exact) mass is 907 g/mol. The molecule has 0 saturated heterocycles. The van der Waals surface area contributed by atoms with Crippen LogP contribution in [0.5, 0.6) is 0 Å². The molecule has 4 aromatic rings. The minimum absolute atomic E-state index is 0.00788. The van der Waals surface area contributed by atoms with Crippen molar-refractivity contribution in [3.8, 4) is 0 Å². The highest BCUT2D eigenvalue weighted by molar-refractivity contribution is 6.08. The fourth-order valence-electron chi connectivity index (χ4n) is 6.84. The molecule has 4 rings (SSSR count). The van der Waals surface area contributed by atoms with E-state index in [2.05, 4.69) is 41.9 Å². The zero-order chi connectivity index (χ0) is 48.3. The SMILES string of the molecule is CC[C@H](C)[C@H](NC(=O)[C@@H](NC(=O)[C@H](CC(C)C)NC(=O)[C@H](Cc1c[nH]cn1)NC(=O)[C@H](Cc1ccccc1)NC(=O)OCc1ccccc1)C(C)C)C(=O)NC(=O)c1cccc(C(N)=O)c1. The van der Waals surface area contributed by atoms with Gasteiger partial charge in [0.25, 0.3) is 5.91 Å². The van der Waals surface area contributed by atoms with E-state index in [-0.39, 0.29) is 42.9 Å². The number of hydrogen-bond donors (Lipinski definition) is 8. The molecule has 352 valence electrons. The number of imidazole rings is 1. The molecule has 1 aromatic heterocycles. The molecule has 18 nitrogen and oxygen atoms in total. The van der Waals surface area contributed by atoms with Gasteiger partial charge in [0.15, 0.2) is 0 Å². The summed E-state index contributed by atoms with van der Waals surface area (Å²) in [5.74, 6) is -6.31. The van der Waals surface area contributed by atoms with Crippen LogP contribution in [0.15, 0.2) is 97.5 Å². The Morgan fingerprint density at radius 2 is 1.21 bits per heavy atom. The highest BCUT2D eigenvalue weighted by atomic mass is 16.5. The van der Waals surface area contributed by atoms with E-state index in [1.165, 1.54) is 30.6 Å². The Labute approximate surface area is 384 Å². The topological polar surface area (TPSA) is 273 Å². The minimum atomic E-state index is -1.29. The van der Waals surface area contributed by atoms with Gasteiger partial charge >= 0.3 is 6.09 Å². The lowest BCUT2D eigenvalue weighted by molar-refractivity contribution is -0.135. The maximum Gasteiger partial charge on any atom is 0.408 e. The number of imide groups is 1. The van der Waals surface area contributed by atoms with Crippen LogP contribution in [0, 0.1) is 17.8 Å². The number of amides is 8. The molecule has 66 heavy (non-hydrogen) atoms. The Balaban J connectivity index is 1.51. The third-order valence-electron chi connectivity index (χ3n) is 10.7. The number of aromatic nitrogens is 2. The predicted molar refractivity (Wildman–Crippen MR) is 245 cm³/mol. The Morgan fingerprint density at radius 1 is 0.636 bits per heavy atom. The summed E-state index contributed by atoms with van der Waals surface area (Å²) in [7, 11) is 0. The molecule has 0 unspecified atom stereocenters. The molecule has 0 aliphatic rings. The number of carbonyl (C=O) groups is 8. The van der Waals surface area contributed by atoms with E-state index in [0.29, 0.717) is 12.1 Å². The minimum Gasteiger partial charge on any atom is -0.445 e. The van der Waals surface area contributed by atoms with E-state index in [1.54, 1.807) is 82.4 Å². The summed E-state index contributed by atoms with van der Waals surface area (Å²) in [5.41, 5.74) is 7.32. The van der Waals surface area contributed by atoms with Crippen LogP contribution in [0.1, 0.15) is 91.9 Å². The maximum atomic E-state index is 14.3. The number of nitrogens with one attached hydrogen (secondary N) is 7. The highest BCUT2D eigenvalue weighted by Crippen LogP contribution is 2.14. The Morgan fingerprint density at radius 3 is 1.79 bits per heavy atom. The molecular weight excluding hydrogens is 847 g/mol. The molecule has 0 bridgehead atoms. The number of nitrogens with two attached hydrogens (primary N) is 1. The lowest BCUT2D eigenvalue weighted by atomic mass is 9.95. The molecule has 18 heteroatoms. The predicted octanol–water partition coefficient (Wildman–Crippen LogP) is 3.23. The Bertz CT molecular complexity index is 2270. The van der Waals surface area contributed by atoms with Crippen molar-refractivity contribution in [3.05, 3.63) is 125 Å². The third kappa shape index (κ3) is 16.0.